The second kappa shape index (κ2) is 62.5. The summed E-state index contributed by atoms with van der Waals surface area (Å²) in [5, 5.41) is 14.0. The molecule has 0 spiro atoms. The molecular formula is C71H141N2O6P. The first-order valence-electron chi connectivity index (χ1n) is 35.7. The minimum Gasteiger partial charge on any atom is -0.756 e. The SMILES string of the molecule is CCCCCCCCCC/C=C\CCCCCCCCCCCCCCCCCCCC(=O)NC(COP(=O)([O-])OCC[N+](C)(C)C)C(O)/C=C/CCCCCCCCCCCCCCCCCCCCCCCCCCCCC. The first-order chi connectivity index (χ1) is 39.0. The molecule has 1 amide bonds. The summed E-state index contributed by atoms with van der Waals surface area (Å²) in [7, 11) is 1.28. The number of carbonyl (C=O) groups excluding carboxylic acids is 1. The minimum atomic E-state index is -4.60. The van der Waals surface area contributed by atoms with Gasteiger partial charge in [0.2, 0.25) is 5.91 Å². The highest BCUT2D eigenvalue weighted by Gasteiger charge is 2.23. The van der Waals surface area contributed by atoms with Crippen LogP contribution >= 0.6 is 7.82 Å². The maximum atomic E-state index is 13.0. The Morgan fingerprint density at radius 3 is 0.975 bits per heavy atom. The summed E-state index contributed by atoms with van der Waals surface area (Å²) in [5.41, 5.74) is 0. The fourth-order valence-electron chi connectivity index (χ4n) is 11.1. The highest BCUT2D eigenvalue weighted by molar-refractivity contribution is 7.45. The molecule has 0 rings (SSSR count). The molecule has 0 aromatic heterocycles. The molecule has 0 aromatic rings. The zero-order chi connectivity index (χ0) is 58.4. The summed E-state index contributed by atoms with van der Waals surface area (Å²) in [6.45, 7) is 4.72. The zero-order valence-electron chi connectivity index (χ0n) is 54.6. The van der Waals surface area contributed by atoms with Crippen molar-refractivity contribution in [2.24, 2.45) is 0 Å². The average Bonchev–Trinajstić information content (AvgIpc) is 3.42. The number of phosphoric ester groups is 1. The van der Waals surface area contributed by atoms with Crippen LogP contribution in [0.4, 0.5) is 0 Å². The molecule has 2 N–H and O–H groups in total. The normalized spacial score (nSPS) is 13.7. The predicted molar refractivity (Wildman–Crippen MR) is 349 cm³/mol. The van der Waals surface area contributed by atoms with Crippen molar-refractivity contribution in [3.63, 3.8) is 0 Å². The number of amides is 1. The van der Waals surface area contributed by atoms with E-state index in [1.165, 1.54) is 315 Å². The van der Waals surface area contributed by atoms with Crippen LogP contribution < -0.4 is 10.2 Å². The first kappa shape index (κ1) is 79.0. The molecule has 0 bridgehead atoms. The van der Waals surface area contributed by atoms with Crippen LogP contribution in [0, 0.1) is 0 Å². The Labute approximate surface area is 500 Å². The lowest BCUT2D eigenvalue weighted by molar-refractivity contribution is -0.870. The fraction of sp³-hybridized carbons (Fsp3) is 0.930. The van der Waals surface area contributed by atoms with Gasteiger partial charge in [-0.1, -0.05) is 346 Å². The van der Waals surface area contributed by atoms with Crippen LogP contribution in [0.25, 0.3) is 0 Å². The van der Waals surface area contributed by atoms with Crippen molar-refractivity contribution in [3.8, 4) is 0 Å². The summed E-state index contributed by atoms with van der Waals surface area (Å²) in [6.07, 6.45) is 81.6. The topological polar surface area (TPSA) is 108 Å². The van der Waals surface area contributed by atoms with Crippen LogP contribution in [-0.4, -0.2) is 68.5 Å². The Kier molecular flexibility index (Phi) is 61.7. The Balaban J connectivity index is 4.03. The molecule has 0 heterocycles. The van der Waals surface area contributed by atoms with E-state index in [2.05, 4.69) is 31.3 Å². The molecule has 0 saturated carbocycles. The number of rotatable bonds is 67. The van der Waals surface area contributed by atoms with Crippen molar-refractivity contribution in [2.75, 3.05) is 40.9 Å². The van der Waals surface area contributed by atoms with Crippen LogP contribution in [0.15, 0.2) is 24.3 Å². The van der Waals surface area contributed by atoms with Crippen molar-refractivity contribution in [3.05, 3.63) is 24.3 Å². The zero-order valence-corrected chi connectivity index (χ0v) is 55.5. The Hall–Kier alpha value is -1.02. The van der Waals surface area contributed by atoms with Gasteiger partial charge in [0.1, 0.15) is 13.2 Å². The van der Waals surface area contributed by atoms with E-state index >= 15 is 0 Å². The number of nitrogens with zero attached hydrogens (tertiary/aromatic N) is 1. The third kappa shape index (κ3) is 64.5. The molecule has 9 heteroatoms. The van der Waals surface area contributed by atoms with E-state index < -0.39 is 20.0 Å². The number of hydrogen-bond acceptors (Lipinski definition) is 6. The summed E-state index contributed by atoms with van der Waals surface area (Å²) >= 11 is 0. The van der Waals surface area contributed by atoms with E-state index in [0.717, 1.165) is 38.5 Å². The number of phosphoric acid groups is 1. The van der Waals surface area contributed by atoms with E-state index in [9.17, 15) is 19.4 Å². The average molecular weight is 1150 g/mol. The van der Waals surface area contributed by atoms with Crippen LogP contribution in [0.2, 0.25) is 0 Å². The second-order valence-corrected chi connectivity index (χ2v) is 27.4. The number of carbonyl (C=O) groups is 1. The first-order valence-corrected chi connectivity index (χ1v) is 37.2. The number of allylic oxidation sites excluding steroid dienone is 3. The Morgan fingerprint density at radius 2 is 0.688 bits per heavy atom. The van der Waals surface area contributed by atoms with Gasteiger partial charge in [-0.3, -0.25) is 9.36 Å². The number of quaternary nitrogens is 1. The third-order valence-electron chi connectivity index (χ3n) is 16.7. The van der Waals surface area contributed by atoms with E-state index in [-0.39, 0.29) is 19.1 Å². The third-order valence-corrected chi connectivity index (χ3v) is 17.6. The van der Waals surface area contributed by atoms with Gasteiger partial charge in [0.25, 0.3) is 7.82 Å². The molecule has 0 saturated heterocycles. The van der Waals surface area contributed by atoms with Crippen molar-refractivity contribution < 1.29 is 32.9 Å². The molecule has 3 unspecified atom stereocenters. The standard InChI is InChI=1S/C71H141N2O6P/c1-6-8-10-12-14-16-18-20-22-24-26-28-30-32-34-36-38-40-42-44-46-48-50-52-54-56-58-60-62-64-70(74)69(68-79-80(76,77)78-67-66-73(3,4)5)72-71(75)65-63-61-59-57-55-53-51-49-47-45-43-41-39-37-35-33-31-29-27-25-23-21-19-17-15-13-11-9-7-2/h25,27,62,64,69-70,74H,6-24,26,28-61,63,65-68H2,1-5H3,(H-,72,75,76,77)/b27-25-,64-62+. The van der Waals surface area contributed by atoms with Gasteiger partial charge in [0, 0.05) is 6.42 Å². The van der Waals surface area contributed by atoms with E-state index in [4.69, 9.17) is 9.05 Å². The lowest BCUT2D eigenvalue weighted by atomic mass is 10.0. The second-order valence-electron chi connectivity index (χ2n) is 25.9. The Morgan fingerprint density at radius 1 is 0.425 bits per heavy atom. The molecule has 0 aromatic carbocycles. The van der Waals surface area contributed by atoms with Crippen molar-refractivity contribution in [2.45, 2.75) is 386 Å². The molecule has 0 aliphatic carbocycles. The van der Waals surface area contributed by atoms with Crippen molar-refractivity contribution >= 4 is 13.7 Å². The molecule has 0 fully saturated rings. The number of nitrogens with one attached hydrogen (secondary N) is 1. The maximum Gasteiger partial charge on any atom is 0.268 e. The fourth-order valence-corrected chi connectivity index (χ4v) is 11.8. The van der Waals surface area contributed by atoms with Gasteiger partial charge in [-0.25, -0.2) is 0 Å². The van der Waals surface area contributed by atoms with E-state index in [0.29, 0.717) is 17.4 Å². The molecule has 476 valence electrons. The van der Waals surface area contributed by atoms with Crippen LogP contribution in [0.5, 0.6) is 0 Å². The largest absolute Gasteiger partial charge is 0.756 e. The summed E-state index contributed by atoms with van der Waals surface area (Å²) < 4.78 is 23.5. The van der Waals surface area contributed by atoms with Gasteiger partial charge in [0.15, 0.2) is 0 Å². The monoisotopic (exact) mass is 1150 g/mol. The molecule has 80 heavy (non-hydrogen) atoms. The number of likely N-dealkylation sites (N-methyl/N-ethyl adjacent to an activating group) is 1. The molecule has 3 atom stereocenters. The molecular weight excluding hydrogens is 1010 g/mol. The van der Waals surface area contributed by atoms with E-state index in [1.54, 1.807) is 6.08 Å². The van der Waals surface area contributed by atoms with Crippen molar-refractivity contribution in [1.29, 1.82) is 0 Å². The van der Waals surface area contributed by atoms with Crippen molar-refractivity contribution in [1.82, 2.24) is 5.32 Å². The maximum absolute atomic E-state index is 13.0. The van der Waals surface area contributed by atoms with Gasteiger partial charge in [-0.05, 0) is 44.9 Å². The van der Waals surface area contributed by atoms with Crippen LogP contribution in [0.1, 0.15) is 373 Å². The predicted octanol–water partition coefficient (Wildman–Crippen LogP) is 22.0. The summed E-state index contributed by atoms with van der Waals surface area (Å²) in [4.78, 5) is 25.6. The van der Waals surface area contributed by atoms with Gasteiger partial charge in [-0.2, -0.15) is 0 Å². The van der Waals surface area contributed by atoms with Crippen LogP contribution in [0.3, 0.4) is 0 Å². The van der Waals surface area contributed by atoms with Crippen LogP contribution in [-0.2, 0) is 18.4 Å². The van der Waals surface area contributed by atoms with Gasteiger partial charge in [0.05, 0.1) is 39.9 Å². The quantitative estimate of drug-likeness (QED) is 0.0272. The summed E-state index contributed by atoms with van der Waals surface area (Å²) in [6, 6.07) is -0.886. The molecule has 0 aliphatic heterocycles. The van der Waals surface area contributed by atoms with Gasteiger partial charge >= 0.3 is 0 Å². The molecule has 0 aliphatic rings. The summed E-state index contributed by atoms with van der Waals surface area (Å²) in [5.74, 6) is -0.189. The number of aliphatic hydroxyl groups excluding tert-OH is 1. The number of aliphatic hydroxyl groups is 1. The number of unbranched alkanes of at least 4 members (excludes halogenated alkanes) is 52. The molecule has 0 radical (unpaired) electrons. The highest BCUT2D eigenvalue weighted by Crippen LogP contribution is 2.38. The number of hydrogen-bond donors (Lipinski definition) is 2. The highest BCUT2D eigenvalue weighted by atomic mass is 31.2. The Bertz CT molecular complexity index is 1350. The minimum absolute atomic E-state index is 0.00182. The lowest BCUT2D eigenvalue weighted by Crippen LogP contribution is -2.45. The van der Waals surface area contributed by atoms with Gasteiger partial charge in [-0.15, -0.1) is 0 Å². The lowest BCUT2D eigenvalue weighted by Gasteiger charge is -2.29. The van der Waals surface area contributed by atoms with E-state index in [1.807, 2.05) is 27.2 Å². The smallest absolute Gasteiger partial charge is 0.268 e. The van der Waals surface area contributed by atoms with Gasteiger partial charge < -0.3 is 28.8 Å². The molecule has 8 nitrogen and oxygen atoms in total.